The molecule has 12 heavy (non-hydrogen) atoms. The van der Waals surface area contributed by atoms with Crippen molar-refractivity contribution in [3.63, 3.8) is 0 Å². The number of rotatable bonds is 9. The summed E-state index contributed by atoms with van der Waals surface area (Å²) >= 11 is 0. The minimum absolute atomic E-state index is 0.180. The third-order valence-corrected chi connectivity index (χ3v) is 1.11. The number of hydrogen-bond donors (Lipinski definition) is 3. The Labute approximate surface area is 70.9 Å². The van der Waals surface area contributed by atoms with Crippen molar-refractivity contribution in [2.75, 3.05) is 39.5 Å². The molecule has 6 heteroatoms. The van der Waals surface area contributed by atoms with Gasteiger partial charge in [0.15, 0.2) is 0 Å². The van der Waals surface area contributed by atoms with Gasteiger partial charge >= 0.3 is 0 Å². The van der Waals surface area contributed by atoms with Crippen LogP contribution in [0.25, 0.3) is 0 Å². The molecule has 6 nitrogen and oxygen atoms in total. The van der Waals surface area contributed by atoms with Gasteiger partial charge in [0, 0.05) is 13.1 Å². The Bertz CT molecular complexity index is 72.3. The zero-order chi connectivity index (χ0) is 9.07. The van der Waals surface area contributed by atoms with Crippen LogP contribution in [0.3, 0.4) is 0 Å². The second-order valence-corrected chi connectivity index (χ2v) is 2.03. The maximum Gasteiger partial charge on any atom is 0.105 e. The predicted octanol–water partition coefficient (Wildman–Crippen LogP) is -0.428. The molecule has 0 aromatic rings. The highest BCUT2D eigenvalue weighted by Gasteiger charge is 1.88. The lowest BCUT2D eigenvalue weighted by atomic mass is 10.6. The summed E-state index contributed by atoms with van der Waals surface area (Å²) in [5.41, 5.74) is 0. The Morgan fingerprint density at radius 3 is 2.17 bits per heavy atom. The lowest BCUT2D eigenvalue weighted by Crippen LogP contribution is -2.24. The van der Waals surface area contributed by atoms with E-state index in [1.165, 1.54) is 0 Å². The second-order valence-electron chi connectivity index (χ2n) is 2.03. The zero-order valence-corrected chi connectivity index (χ0v) is 6.86. The van der Waals surface area contributed by atoms with E-state index in [0.29, 0.717) is 26.3 Å². The van der Waals surface area contributed by atoms with Crippen LogP contribution in [-0.4, -0.2) is 50.0 Å². The van der Waals surface area contributed by atoms with Crippen LogP contribution < -0.4 is 5.32 Å². The molecule has 3 N–H and O–H groups in total. The van der Waals surface area contributed by atoms with Crippen molar-refractivity contribution < 1.29 is 25.0 Å². The van der Waals surface area contributed by atoms with E-state index in [1.54, 1.807) is 0 Å². The van der Waals surface area contributed by atoms with E-state index in [9.17, 15) is 0 Å². The highest BCUT2D eigenvalue weighted by atomic mass is 17.1. The number of ether oxygens (including phenoxy) is 1. The molecular formula is C6H15NO5. The van der Waals surface area contributed by atoms with Crippen molar-refractivity contribution in [3.8, 4) is 0 Å². The fourth-order valence-electron chi connectivity index (χ4n) is 0.585. The first kappa shape index (κ1) is 11.8. The third-order valence-electron chi connectivity index (χ3n) is 1.11. The molecule has 0 radical (unpaired) electrons. The van der Waals surface area contributed by atoms with E-state index in [0.717, 1.165) is 0 Å². The van der Waals surface area contributed by atoms with Crippen LogP contribution >= 0.6 is 0 Å². The van der Waals surface area contributed by atoms with Gasteiger partial charge in [-0.2, -0.15) is 0 Å². The van der Waals surface area contributed by atoms with Gasteiger partial charge in [-0.05, 0) is 0 Å². The second kappa shape index (κ2) is 10.8. The molecule has 0 heterocycles. The van der Waals surface area contributed by atoms with Gasteiger partial charge in [-0.1, -0.05) is 0 Å². The van der Waals surface area contributed by atoms with Crippen LogP contribution in [0, 0.1) is 0 Å². The van der Waals surface area contributed by atoms with E-state index < -0.39 is 0 Å². The monoisotopic (exact) mass is 181 g/mol. The van der Waals surface area contributed by atoms with Crippen molar-refractivity contribution in [2.45, 2.75) is 0 Å². The summed E-state index contributed by atoms with van der Waals surface area (Å²) < 4.78 is 5.00. The topological polar surface area (TPSA) is 80.2 Å². The van der Waals surface area contributed by atoms with Gasteiger partial charge in [0.1, 0.15) is 6.61 Å². The summed E-state index contributed by atoms with van der Waals surface area (Å²) in [6.07, 6.45) is 0. The van der Waals surface area contributed by atoms with Gasteiger partial charge < -0.3 is 10.1 Å². The van der Waals surface area contributed by atoms with Crippen LogP contribution in [0.1, 0.15) is 0 Å². The SMILES string of the molecule is OOCCNCCOCCOO. The molecule has 0 saturated heterocycles. The molecule has 0 aromatic heterocycles. The van der Waals surface area contributed by atoms with E-state index >= 15 is 0 Å². The van der Waals surface area contributed by atoms with E-state index in [4.69, 9.17) is 15.3 Å². The molecule has 0 aromatic carbocycles. The summed E-state index contributed by atoms with van der Waals surface area (Å²) in [7, 11) is 0. The maximum absolute atomic E-state index is 7.92. The van der Waals surface area contributed by atoms with Crippen LogP contribution in [0.5, 0.6) is 0 Å². The Balaban J connectivity index is 2.73. The fraction of sp³-hybridized carbons (Fsp3) is 1.00. The highest BCUT2D eigenvalue weighted by Crippen LogP contribution is 1.74. The molecule has 0 fully saturated rings. The smallest absolute Gasteiger partial charge is 0.105 e. The van der Waals surface area contributed by atoms with Crippen LogP contribution in [0.15, 0.2) is 0 Å². The van der Waals surface area contributed by atoms with Crippen molar-refractivity contribution in [2.24, 2.45) is 0 Å². The average Bonchev–Trinajstić information content (AvgIpc) is 2.10. The molecule has 0 saturated carbocycles. The van der Waals surface area contributed by atoms with Gasteiger partial charge in [0.2, 0.25) is 0 Å². The van der Waals surface area contributed by atoms with Gasteiger partial charge in [-0.15, -0.1) is 0 Å². The van der Waals surface area contributed by atoms with Gasteiger partial charge in [-0.3, -0.25) is 10.5 Å². The van der Waals surface area contributed by atoms with E-state index in [1.807, 2.05) is 0 Å². The molecule has 0 amide bonds. The predicted molar refractivity (Wildman–Crippen MR) is 40.9 cm³/mol. The van der Waals surface area contributed by atoms with Gasteiger partial charge in [-0.25, -0.2) is 9.78 Å². The van der Waals surface area contributed by atoms with Crippen LogP contribution in [-0.2, 0) is 14.5 Å². The summed E-state index contributed by atoms with van der Waals surface area (Å²) in [5, 5.41) is 18.8. The quantitative estimate of drug-likeness (QED) is 0.254. The molecule has 0 spiro atoms. The third kappa shape index (κ3) is 9.76. The van der Waals surface area contributed by atoms with Crippen molar-refractivity contribution in [1.82, 2.24) is 5.32 Å². The lowest BCUT2D eigenvalue weighted by Gasteiger charge is -2.03. The first-order chi connectivity index (χ1) is 5.91. The van der Waals surface area contributed by atoms with Gasteiger partial charge in [0.05, 0.1) is 19.8 Å². The molecule has 0 atom stereocenters. The van der Waals surface area contributed by atoms with Crippen LogP contribution in [0.2, 0.25) is 0 Å². The van der Waals surface area contributed by atoms with Gasteiger partial charge in [0.25, 0.3) is 0 Å². The first-order valence-corrected chi connectivity index (χ1v) is 3.73. The lowest BCUT2D eigenvalue weighted by molar-refractivity contribution is -0.249. The first-order valence-electron chi connectivity index (χ1n) is 3.73. The Kier molecular flexibility index (Phi) is 10.5. The van der Waals surface area contributed by atoms with Crippen molar-refractivity contribution in [3.05, 3.63) is 0 Å². The molecule has 74 valence electrons. The summed E-state index contributed by atoms with van der Waals surface area (Å²) in [6, 6.07) is 0. The van der Waals surface area contributed by atoms with Crippen molar-refractivity contribution in [1.29, 1.82) is 0 Å². The molecular weight excluding hydrogens is 166 g/mol. The zero-order valence-electron chi connectivity index (χ0n) is 6.86. The average molecular weight is 181 g/mol. The van der Waals surface area contributed by atoms with E-state index in [-0.39, 0.29) is 13.2 Å². The minimum Gasteiger partial charge on any atom is -0.378 e. The van der Waals surface area contributed by atoms with Crippen molar-refractivity contribution >= 4 is 0 Å². The normalized spacial score (nSPS) is 10.5. The largest absolute Gasteiger partial charge is 0.378 e. The summed E-state index contributed by atoms with van der Waals surface area (Å²) in [6.45, 7) is 2.61. The number of hydrogen-bond acceptors (Lipinski definition) is 6. The fourth-order valence-corrected chi connectivity index (χ4v) is 0.585. The minimum atomic E-state index is 0.180. The Morgan fingerprint density at radius 1 is 0.833 bits per heavy atom. The molecule has 0 aliphatic carbocycles. The molecule has 0 unspecified atom stereocenters. The molecule has 0 aliphatic heterocycles. The summed E-state index contributed by atoms with van der Waals surface area (Å²) in [4.78, 5) is 7.62. The Hall–Kier alpha value is -0.240. The number of nitrogens with one attached hydrogen (secondary N) is 1. The van der Waals surface area contributed by atoms with E-state index in [2.05, 4.69) is 15.1 Å². The molecule has 0 bridgehead atoms. The van der Waals surface area contributed by atoms with Crippen LogP contribution in [0.4, 0.5) is 0 Å². The maximum atomic E-state index is 7.92. The highest BCUT2D eigenvalue weighted by molar-refractivity contribution is 4.43. The Morgan fingerprint density at radius 2 is 1.50 bits per heavy atom. The molecule has 0 aliphatic rings. The standard InChI is InChI=1S/C6H15NO5/c8-11-4-2-7-1-3-10-5-6-12-9/h7-9H,1-6H2. The molecule has 0 rings (SSSR count). The summed E-state index contributed by atoms with van der Waals surface area (Å²) in [5.74, 6) is 0.